The number of amides is 2. The maximum Gasteiger partial charge on any atom is 0.250 e. The molecular formula is C17H17ClN4O2. The van der Waals surface area contributed by atoms with Crippen molar-refractivity contribution in [2.24, 2.45) is 5.73 Å². The van der Waals surface area contributed by atoms with Gasteiger partial charge in [0, 0.05) is 19.3 Å². The Balaban J connectivity index is 1.67. The number of hydrogen-bond donors (Lipinski definition) is 2. The van der Waals surface area contributed by atoms with Gasteiger partial charge in [-0.15, -0.1) is 0 Å². The molecule has 3 rings (SSSR count). The summed E-state index contributed by atoms with van der Waals surface area (Å²) in [7, 11) is 0. The number of benzene rings is 1. The molecule has 1 aliphatic rings. The van der Waals surface area contributed by atoms with Gasteiger partial charge in [-0.25, -0.2) is 4.98 Å². The Morgan fingerprint density at radius 1 is 1.38 bits per heavy atom. The van der Waals surface area contributed by atoms with Crippen LogP contribution in [0.2, 0.25) is 5.02 Å². The molecule has 1 aliphatic heterocycles. The van der Waals surface area contributed by atoms with E-state index in [0.717, 1.165) is 5.56 Å². The molecule has 0 saturated carbocycles. The number of nitrogens with two attached hydrogens (primary N) is 1. The number of carbonyl (C=O) groups is 2. The molecule has 0 aliphatic carbocycles. The van der Waals surface area contributed by atoms with E-state index >= 15 is 0 Å². The van der Waals surface area contributed by atoms with Crippen molar-refractivity contribution >= 4 is 29.2 Å². The predicted molar refractivity (Wildman–Crippen MR) is 91.7 cm³/mol. The standard InChI is InChI=1S/C17H17ClN4O2/c18-13-8-12(15(19)23)9-20-16(13)21-14-6-7-22(17(14)24)10-11-4-2-1-3-5-11/h1-5,8-9,14H,6-7,10H2,(H2,19,23)(H,20,21)/t14-/m1/s1. The summed E-state index contributed by atoms with van der Waals surface area (Å²) in [6, 6.07) is 10.9. The average Bonchev–Trinajstić information content (AvgIpc) is 2.91. The van der Waals surface area contributed by atoms with Crippen LogP contribution in [0.5, 0.6) is 0 Å². The monoisotopic (exact) mass is 344 g/mol. The number of carbonyl (C=O) groups excluding carboxylic acids is 2. The van der Waals surface area contributed by atoms with Crippen LogP contribution < -0.4 is 11.1 Å². The summed E-state index contributed by atoms with van der Waals surface area (Å²) in [5, 5.41) is 3.32. The van der Waals surface area contributed by atoms with Crippen LogP contribution in [0.1, 0.15) is 22.3 Å². The fraction of sp³-hybridized carbons (Fsp3) is 0.235. The third-order valence-corrected chi connectivity index (χ3v) is 4.24. The number of nitrogens with one attached hydrogen (secondary N) is 1. The molecule has 24 heavy (non-hydrogen) atoms. The van der Waals surface area contributed by atoms with Crippen LogP contribution in [0.4, 0.5) is 5.82 Å². The third-order valence-electron chi connectivity index (χ3n) is 3.95. The number of hydrogen-bond acceptors (Lipinski definition) is 4. The van der Waals surface area contributed by atoms with Crippen molar-refractivity contribution in [1.82, 2.24) is 9.88 Å². The molecular weight excluding hydrogens is 328 g/mol. The molecule has 0 radical (unpaired) electrons. The van der Waals surface area contributed by atoms with Gasteiger partial charge in [0.2, 0.25) is 11.8 Å². The topological polar surface area (TPSA) is 88.3 Å². The quantitative estimate of drug-likeness (QED) is 0.868. The van der Waals surface area contributed by atoms with Gasteiger partial charge in [0.1, 0.15) is 11.9 Å². The number of nitrogens with zero attached hydrogens (tertiary/aromatic N) is 2. The third kappa shape index (κ3) is 3.49. The summed E-state index contributed by atoms with van der Waals surface area (Å²) in [6.45, 7) is 1.25. The largest absolute Gasteiger partial charge is 0.366 e. The second-order valence-electron chi connectivity index (χ2n) is 5.65. The molecule has 1 saturated heterocycles. The lowest BCUT2D eigenvalue weighted by atomic mass is 10.2. The Bertz CT molecular complexity index is 766. The number of anilines is 1. The van der Waals surface area contributed by atoms with Crippen LogP contribution in [-0.2, 0) is 11.3 Å². The molecule has 7 heteroatoms. The molecule has 1 atom stereocenters. The molecule has 2 amide bonds. The highest BCUT2D eigenvalue weighted by atomic mass is 35.5. The first-order valence-electron chi connectivity index (χ1n) is 7.59. The van der Waals surface area contributed by atoms with E-state index in [1.54, 1.807) is 4.90 Å². The lowest BCUT2D eigenvalue weighted by Gasteiger charge is -2.18. The molecule has 1 aromatic heterocycles. The van der Waals surface area contributed by atoms with Crippen molar-refractivity contribution < 1.29 is 9.59 Å². The minimum absolute atomic E-state index is 0.00991. The van der Waals surface area contributed by atoms with Gasteiger partial charge < -0.3 is 16.0 Å². The van der Waals surface area contributed by atoms with E-state index < -0.39 is 5.91 Å². The molecule has 1 fully saturated rings. The summed E-state index contributed by atoms with van der Waals surface area (Å²) in [5.41, 5.74) is 6.51. The lowest BCUT2D eigenvalue weighted by molar-refractivity contribution is -0.128. The van der Waals surface area contributed by atoms with E-state index in [1.165, 1.54) is 12.3 Å². The summed E-state index contributed by atoms with van der Waals surface area (Å²) in [5.74, 6) is -0.209. The van der Waals surface area contributed by atoms with Crippen molar-refractivity contribution in [3.63, 3.8) is 0 Å². The highest BCUT2D eigenvalue weighted by molar-refractivity contribution is 6.33. The van der Waals surface area contributed by atoms with Crippen LogP contribution in [0.15, 0.2) is 42.6 Å². The van der Waals surface area contributed by atoms with Crippen molar-refractivity contribution in [1.29, 1.82) is 0 Å². The highest BCUT2D eigenvalue weighted by Gasteiger charge is 2.32. The first kappa shape index (κ1) is 16.3. The van der Waals surface area contributed by atoms with Gasteiger partial charge in [-0.3, -0.25) is 9.59 Å². The van der Waals surface area contributed by atoms with E-state index in [9.17, 15) is 9.59 Å². The lowest BCUT2D eigenvalue weighted by Crippen LogP contribution is -2.33. The number of rotatable bonds is 5. The smallest absolute Gasteiger partial charge is 0.250 e. The van der Waals surface area contributed by atoms with Gasteiger partial charge in [0.25, 0.3) is 0 Å². The first-order valence-corrected chi connectivity index (χ1v) is 7.97. The zero-order valence-corrected chi connectivity index (χ0v) is 13.7. The van der Waals surface area contributed by atoms with Gasteiger partial charge in [-0.1, -0.05) is 41.9 Å². The molecule has 0 spiro atoms. The van der Waals surface area contributed by atoms with Crippen LogP contribution in [-0.4, -0.2) is 34.3 Å². The van der Waals surface area contributed by atoms with Crippen molar-refractivity contribution in [3.8, 4) is 0 Å². The maximum absolute atomic E-state index is 12.5. The number of aromatic nitrogens is 1. The van der Waals surface area contributed by atoms with E-state index in [-0.39, 0.29) is 22.5 Å². The zero-order valence-electron chi connectivity index (χ0n) is 12.9. The maximum atomic E-state index is 12.5. The molecule has 2 aromatic rings. The number of pyridine rings is 1. The van der Waals surface area contributed by atoms with Gasteiger partial charge >= 0.3 is 0 Å². The second kappa shape index (κ2) is 6.88. The first-order chi connectivity index (χ1) is 11.5. The van der Waals surface area contributed by atoms with Gasteiger partial charge in [-0.2, -0.15) is 0 Å². The summed E-state index contributed by atoms with van der Waals surface area (Å²) in [6.07, 6.45) is 2.01. The fourth-order valence-corrected chi connectivity index (χ4v) is 2.90. The highest BCUT2D eigenvalue weighted by Crippen LogP contribution is 2.24. The van der Waals surface area contributed by atoms with E-state index in [4.69, 9.17) is 17.3 Å². The van der Waals surface area contributed by atoms with E-state index in [1.807, 2.05) is 30.3 Å². The fourth-order valence-electron chi connectivity index (χ4n) is 2.68. The average molecular weight is 345 g/mol. The Kier molecular flexibility index (Phi) is 4.66. The Hall–Kier alpha value is -2.60. The van der Waals surface area contributed by atoms with E-state index in [0.29, 0.717) is 25.3 Å². The summed E-state index contributed by atoms with van der Waals surface area (Å²) in [4.78, 5) is 29.5. The van der Waals surface area contributed by atoms with Crippen LogP contribution in [0, 0.1) is 0 Å². The Morgan fingerprint density at radius 3 is 2.79 bits per heavy atom. The van der Waals surface area contributed by atoms with Crippen LogP contribution in [0.3, 0.4) is 0 Å². The minimum atomic E-state index is -0.595. The van der Waals surface area contributed by atoms with Crippen molar-refractivity contribution in [3.05, 3.63) is 58.7 Å². The van der Waals surface area contributed by atoms with Gasteiger partial charge in [0.15, 0.2) is 0 Å². The van der Waals surface area contributed by atoms with Crippen LogP contribution in [0.25, 0.3) is 0 Å². The van der Waals surface area contributed by atoms with Crippen LogP contribution >= 0.6 is 11.6 Å². The minimum Gasteiger partial charge on any atom is -0.366 e. The summed E-state index contributed by atoms with van der Waals surface area (Å²) >= 11 is 6.11. The summed E-state index contributed by atoms with van der Waals surface area (Å²) < 4.78 is 0. The van der Waals surface area contributed by atoms with Gasteiger partial charge in [0.05, 0.1) is 10.6 Å². The predicted octanol–water partition coefficient (Wildman–Crippen LogP) is 2.05. The molecule has 1 aromatic carbocycles. The van der Waals surface area contributed by atoms with Crippen molar-refractivity contribution in [2.45, 2.75) is 19.0 Å². The van der Waals surface area contributed by atoms with Gasteiger partial charge in [-0.05, 0) is 18.1 Å². The van der Waals surface area contributed by atoms with Crippen molar-refractivity contribution in [2.75, 3.05) is 11.9 Å². The molecule has 3 N–H and O–H groups in total. The number of halogens is 1. The molecule has 0 bridgehead atoms. The number of primary amides is 1. The van der Waals surface area contributed by atoms with E-state index in [2.05, 4.69) is 10.3 Å². The molecule has 124 valence electrons. The molecule has 6 nitrogen and oxygen atoms in total. The Morgan fingerprint density at radius 2 is 2.12 bits per heavy atom. The SMILES string of the molecule is NC(=O)c1cnc(N[C@@H]2CCN(Cc3ccccc3)C2=O)c(Cl)c1. The second-order valence-corrected chi connectivity index (χ2v) is 6.06. The molecule has 0 unspecified atom stereocenters. The number of likely N-dealkylation sites (tertiary alicyclic amines) is 1. The Labute approximate surface area is 144 Å². The normalized spacial score (nSPS) is 17.1. The molecule has 2 heterocycles. The zero-order chi connectivity index (χ0) is 17.1.